The lowest BCUT2D eigenvalue weighted by atomic mass is 10.1. The van der Waals surface area contributed by atoms with E-state index in [2.05, 4.69) is 22.5 Å². The highest BCUT2D eigenvalue weighted by atomic mass is 16.2. The van der Waals surface area contributed by atoms with E-state index >= 15 is 0 Å². The van der Waals surface area contributed by atoms with Crippen LogP contribution in [0.3, 0.4) is 0 Å². The molecule has 1 aromatic heterocycles. The molecule has 0 atom stereocenters. The van der Waals surface area contributed by atoms with E-state index in [1.54, 1.807) is 29.1 Å². The predicted octanol–water partition coefficient (Wildman–Crippen LogP) is 2.93. The number of rotatable bonds is 7. The molecule has 2 aromatic carbocycles. The fourth-order valence-corrected chi connectivity index (χ4v) is 2.62. The third kappa shape index (κ3) is 4.57. The molecule has 6 nitrogen and oxygen atoms in total. The Kier molecular flexibility index (Phi) is 5.43. The minimum absolute atomic E-state index is 0.0104. The van der Waals surface area contributed by atoms with E-state index in [0.29, 0.717) is 6.42 Å². The van der Waals surface area contributed by atoms with Gasteiger partial charge in [-0.3, -0.25) is 9.59 Å². The number of aromatic nitrogens is 2. The Morgan fingerprint density at radius 2 is 1.73 bits per heavy atom. The van der Waals surface area contributed by atoms with Crippen molar-refractivity contribution in [2.24, 2.45) is 5.73 Å². The van der Waals surface area contributed by atoms with E-state index in [9.17, 15) is 9.59 Å². The number of nitrogens with two attached hydrogens (primary N) is 1. The van der Waals surface area contributed by atoms with Crippen LogP contribution in [0.2, 0.25) is 0 Å². The van der Waals surface area contributed by atoms with Crippen molar-refractivity contribution in [1.82, 2.24) is 9.78 Å². The van der Waals surface area contributed by atoms with Crippen LogP contribution >= 0.6 is 0 Å². The topological polar surface area (TPSA) is 90.0 Å². The maximum absolute atomic E-state index is 12.1. The number of anilines is 1. The first-order valence-electron chi connectivity index (χ1n) is 8.41. The van der Waals surface area contributed by atoms with Crippen molar-refractivity contribution in [3.05, 3.63) is 78.1 Å². The first kappa shape index (κ1) is 17.4. The van der Waals surface area contributed by atoms with Crippen LogP contribution in [0.1, 0.15) is 28.9 Å². The summed E-state index contributed by atoms with van der Waals surface area (Å²) in [6, 6.07) is 18.9. The van der Waals surface area contributed by atoms with Gasteiger partial charge in [-0.15, -0.1) is 0 Å². The van der Waals surface area contributed by atoms with Crippen molar-refractivity contribution < 1.29 is 9.59 Å². The summed E-state index contributed by atoms with van der Waals surface area (Å²) in [5.74, 6) is -0.577. The van der Waals surface area contributed by atoms with Crippen molar-refractivity contribution in [3.8, 4) is 5.69 Å². The van der Waals surface area contributed by atoms with Crippen LogP contribution in [0, 0.1) is 0 Å². The summed E-state index contributed by atoms with van der Waals surface area (Å²) in [5, 5.41) is 6.98. The lowest BCUT2D eigenvalue weighted by molar-refractivity contribution is -0.116. The van der Waals surface area contributed by atoms with Gasteiger partial charge >= 0.3 is 0 Å². The first-order chi connectivity index (χ1) is 12.6. The molecule has 1 heterocycles. The van der Waals surface area contributed by atoms with Gasteiger partial charge in [-0.2, -0.15) is 5.10 Å². The Labute approximate surface area is 151 Å². The Morgan fingerprint density at radius 3 is 2.38 bits per heavy atom. The van der Waals surface area contributed by atoms with Crippen LogP contribution in [0.25, 0.3) is 5.69 Å². The molecule has 132 valence electrons. The fraction of sp³-hybridized carbons (Fsp3) is 0.150. The van der Waals surface area contributed by atoms with Gasteiger partial charge in [0, 0.05) is 18.3 Å². The number of hydrogen-bond donors (Lipinski definition) is 2. The third-order valence-corrected chi connectivity index (χ3v) is 3.97. The molecule has 0 spiro atoms. The molecule has 0 aliphatic rings. The number of primary amides is 1. The first-order valence-corrected chi connectivity index (χ1v) is 8.41. The number of carbonyl (C=O) groups excluding carboxylic acids is 2. The highest BCUT2D eigenvalue weighted by molar-refractivity contribution is 5.91. The molecule has 0 unspecified atom stereocenters. The molecular weight excluding hydrogens is 328 g/mol. The quantitative estimate of drug-likeness (QED) is 0.688. The Balaban J connectivity index is 1.51. The number of benzene rings is 2. The lowest BCUT2D eigenvalue weighted by Gasteiger charge is -2.07. The van der Waals surface area contributed by atoms with Crippen LogP contribution in [-0.4, -0.2) is 21.6 Å². The van der Waals surface area contributed by atoms with Crippen molar-refractivity contribution in [3.63, 3.8) is 0 Å². The molecule has 0 aliphatic carbocycles. The van der Waals surface area contributed by atoms with Crippen molar-refractivity contribution in [2.75, 3.05) is 5.32 Å². The standard InChI is InChI=1S/C20H20N4O2/c21-20(26)18-13-14-24(23-18)17-11-9-16(10-12-17)22-19(25)8-4-7-15-5-2-1-3-6-15/h1-3,5-6,9-14H,4,7-8H2,(H2,21,26)(H,22,25). The highest BCUT2D eigenvalue weighted by Gasteiger charge is 2.07. The number of aryl methyl sites for hydroxylation is 1. The molecule has 0 saturated heterocycles. The zero-order valence-electron chi connectivity index (χ0n) is 14.3. The molecule has 2 amide bonds. The molecule has 3 rings (SSSR count). The van der Waals surface area contributed by atoms with Gasteiger partial charge in [-0.05, 0) is 48.7 Å². The summed E-state index contributed by atoms with van der Waals surface area (Å²) in [6.45, 7) is 0. The minimum atomic E-state index is -0.567. The molecule has 3 N–H and O–H groups in total. The van der Waals surface area contributed by atoms with Gasteiger partial charge in [0.2, 0.25) is 5.91 Å². The van der Waals surface area contributed by atoms with E-state index < -0.39 is 5.91 Å². The van der Waals surface area contributed by atoms with Crippen molar-refractivity contribution >= 4 is 17.5 Å². The monoisotopic (exact) mass is 348 g/mol. The maximum Gasteiger partial charge on any atom is 0.269 e. The van der Waals surface area contributed by atoms with Gasteiger partial charge in [-0.1, -0.05) is 30.3 Å². The van der Waals surface area contributed by atoms with E-state index in [0.717, 1.165) is 24.2 Å². The van der Waals surface area contributed by atoms with Gasteiger partial charge in [0.15, 0.2) is 0 Å². The van der Waals surface area contributed by atoms with E-state index in [-0.39, 0.29) is 11.6 Å². The van der Waals surface area contributed by atoms with Crippen LogP contribution < -0.4 is 11.1 Å². The van der Waals surface area contributed by atoms with Crippen molar-refractivity contribution in [1.29, 1.82) is 0 Å². The van der Waals surface area contributed by atoms with Gasteiger partial charge in [0.25, 0.3) is 5.91 Å². The molecule has 6 heteroatoms. The number of hydrogen-bond acceptors (Lipinski definition) is 3. The molecular formula is C20H20N4O2. The largest absolute Gasteiger partial charge is 0.364 e. The second-order valence-electron chi connectivity index (χ2n) is 5.94. The maximum atomic E-state index is 12.1. The zero-order valence-corrected chi connectivity index (χ0v) is 14.3. The Hall–Kier alpha value is -3.41. The molecule has 0 aliphatic heterocycles. The summed E-state index contributed by atoms with van der Waals surface area (Å²) in [4.78, 5) is 23.2. The van der Waals surface area contributed by atoms with E-state index in [1.165, 1.54) is 5.56 Å². The number of nitrogens with zero attached hydrogens (tertiary/aromatic N) is 2. The molecule has 0 radical (unpaired) electrons. The summed E-state index contributed by atoms with van der Waals surface area (Å²) >= 11 is 0. The summed E-state index contributed by atoms with van der Waals surface area (Å²) in [7, 11) is 0. The van der Waals surface area contributed by atoms with Gasteiger partial charge in [0.1, 0.15) is 5.69 Å². The summed E-state index contributed by atoms with van der Waals surface area (Å²) in [6.07, 6.45) is 3.82. The smallest absolute Gasteiger partial charge is 0.269 e. The highest BCUT2D eigenvalue weighted by Crippen LogP contribution is 2.14. The normalized spacial score (nSPS) is 10.5. The minimum Gasteiger partial charge on any atom is -0.364 e. The number of nitrogens with one attached hydrogen (secondary N) is 1. The second kappa shape index (κ2) is 8.11. The molecule has 0 bridgehead atoms. The Bertz CT molecular complexity index is 886. The molecule has 0 saturated carbocycles. The average molecular weight is 348 g/mol. The molecule has 26 heavy (non-hydrogen) atoms. The van der Waals surface area contributed by atoms with Crippen LogP contribution in [-0.2, 0) is 11.2 Å². The van der Waals surface area contributed by atoms with Crippen LogP contribution in [0.5, 0.6) is 0 Å². The Morgan fingerprint density at radius 1 is 1.00 bits per heavy atom. The SMILES string of the molecule is NC(=O)c1ccn(-c2ccc(NC(=O)CCCc3ccccc3)cc2)n1. The lowest BCUT2D eigenvalue weighted by Crippen LogP contribution is -2.12. The van der Waals surface area contributed by atoms with Gasteiger partial charge in [-0.25, -0.2) is 4.68 Å². The predicted molar refractivity (Wildman–Crippen MR) is 100 cm³/mol. The second-order valence-corrected chi connectivity index (χ2v) is 5.94. The van der Waals surface area contributed by atoms with Crippen molar-refractivity contribution in [2.45, 2.75) is 19.3 Å². The van der Waals surface area contributed by atoms with E-state index in [1.807, 2.05) is 30.3 Å². The average Bonchev–Trinajstić information content (AvgIpc) is 3.14. The van der Waals surface area contributed by atoms with Gasteiger partial charge in [0.05, 0.1) is 5.69 Å². The molecule has 3 aromatic rings. The van der Waals surface area contributed by atoms with Gasteiger partial charge < -0.3 is 11.1 Å². The van der Waals surface area contributed by atoms with Crippen LogP contribution in [0.15, 0.2) is 66.9 Å². The zero-order chi connectivity index (χ0) is 18.4. The third-order valence-electron chi connectivity index (χ3n) is 3.97. The van der Waals surface area contributed by atoms with Crippen LogP contribution in [0.4, 0.5) is 5.69 Å². The summed E-state index contributed by atoms with van der Waals surface area (Å²) < 4.78 is 1.56. The number of amides is 2. The fourth-order valence-electron chi connectivity index (χ4n) is 2.62. The molecule has 0 fully saturated rings. The number of carbonyl (C=O) groups is 2. The summed E-state index contributed by atoms with van der Waals surface area (Å²) in [5.41, 5.74) is 8.14. The van der Waals surface area contributed by atoms with E-state index in [4.69, 9.17) is 5.73 Å².